The minimum Gasteiger partial charge on any atom is -0.395 e. The molecule has 1 aromatic rings. The van der Waals surface area contributed by atoms with Crippen molar-refractivity contribution in [1.29, 1.82) is 0 Å². The molecule has 0 aliphatic carbocycles. The second-order valence-corrected chi connectivity index (χ2v) is 9.02. The second-order valence-electron chi connectivity index (χ2n) is 7.67. The number of carbonyl (C=O) groups is 1. The molecule has 0 bridgehead atoms. The van der Waals surface area contributed by atoms with Crippen molar-refractivity contribution in [2.75, 3.05) is 13.2 Å². The minimum absolute atomic E-state index is 0.721. The van der Waals surface area contributed by atoms with Crippen LogP contribution in [0.1, 0.15) is 6.23 Å². The van der Waals surface area contributed by atoms with Crippen LogP contribution in [0.3, 0.4) is 0 Å². The summed E-state index contributed by atoms with van der Waals surface area (Å²) in [6, 6.07) is -2.03. The van der Waals surface area contributed by atoms with Crippen LogP contribution in [0.15, 0.2) is 21.9 Å². The van der Waals surface area contributed by atoms with Crippen LogP contribution < -0.4 is 21.3 Å². The predicted octanol–water partition coefficient (Wildman–Crippen LogP) is -7.05. The average molecular weight is 512 g/mol. The predicted molar refractivity (Wildman–Crippen MR) is 106 cm³/mol. The van der Waals surface area contributed by atoms with E-state index in [2.05, 4.69) is 9.50 Å². The number of aliphatic hydroxyl groups excluding tert-OH is 6. The normalized spacial score (nSPS) is 36.4. The number of aromatic amines is 1. The molecule has 0 spiro atoms. The molecule has 9 atom stereocenters. The maximum absolute atomic E-state index is 12.3. The van der Waals surface area contributed by atoms with Gasteiger partial charge in [0.2, 0.25) is 0 Å². The Bertz CT molecular complexity index is 1100. The van der Waals surface area contributed by atoms with Crippen LogP contribution in [0.25, 0.3) is 0 Å². The summed E-state index contributed by atoms with van der Waals surface area (Å²) in [6.07, 6.45) is -10.8. The first-order valence-corrected chi connectivity index (χ1v) is 11.2. The van der Waals surface area contributed by atoms with Gasteiger partial charge in [0.15, 0.2) is 6.23 Å². The summed E-state index contributed by atoms with van der Waals surface area (Å²) in [5, 5.41) is 61.2. The van der Waals surface area contributed by atoms with Gasteiger partial charge in [-0.05, 0) is 0 Å². The van der Waals surface area contributed by atoms with Crippen molar-refractivity contribution in [3.05, 3.63) is 33.1 Å². The molecule has 3 rings (SSSR count). The van der Waals surface area contributed by atoms with Crippen molar-refractivity contribution in [2.45, 2.75) is 54.9 Å². The van der Waals surface area contributed by atoms with Crippen molar-refractivity contribution in [3.63, 3.8) is 0 Å². The molecule has 18 heteroatoms. The summed E-state index contributed by atoms with van der Waals surface area (Å²) in [6.45, 7) is -1.66. The first-order chi connectivity index (χ1) is 15.9. The Kier molecular flexibility index (Phi) is 7.87. The number of ether oxygens (including phenoxy) is 1. The number of H-pyrrole nitrogens is 1. The molecule has 3 heterocycles. The lowest BCUT2D eigenvalue weighted by molar-refractivity contribution is -0.143. The maximum Gasteiger partial charge on any atom is 0.362 e. The number of amides is 1. The van der Waals surface area contributed by atoms with Gasteiger partial charge in [-0.25, -0.2) is 9.52 Å². The molecule has 1 amide bonds. The lowest BCUT2D eigenvalue weighted by atomic mass is 9.90. The van der Waals surface area contributed by atoms with Crippen LogP contribution in [0.2, 0.25) is 0 Å². The number of aromatic nitrogens is 2. The van der Waals surface area contributed by atoms with E-state index >= 15 is 0 Å². The highest BCUT2D eigenvalue weighted by atomic mass is 32.2. The quantitative estimate of drug-likeness (QED) is 0.164. The number of nitrogens with one attached hydrogen (secondary N) is 3. The molecule has 2 aliphatic heterocycles. The number of carbonyl (C=O) groups excluding carboxylic acids is 1. The first-order valence-electron chi connectivity index (χ1n) is 9.81. The van der Waals surface area contributed by atoms with Crippen molar-refractivity contribution < 1.29 is 52.8 Å². The second kappa shape index (κ2) is 10.2. The topological polar surface area (TPSA) is 270 Å². The van der Waals surface area contributed by atoms with E-state index in [-0.39, 0.29) is 0 Å². The molecule has 0 saturated carbocycles. The summed E-state index contributed by atoms with van der Waals surface area (Å²) >= 11 is 0. The van der Waals surface area contributed by atoms with E-state index in [0.717, 1.165) is 16.8 Å². The fourth-order valence-electron chi connectivity index (χ4n) is 3.55. The van der Waals surface area contributed by atoms with E-state index in [9.17, 15) is 53.4 Å². The van der Waals surface area contributed by atoms with E-state index in [1.165, 1.54) is 4.72 Å². The van der Waals surface area contributed by atoms with Crippen molar-refractivity contribution in [3.8, 4) is 0 Å². The minimum atomic E-state index is -4.88. The number of aliphatic hydroxyl groups is 6. The number of nitrogens with zero attached hydrogens (tertiary/aromatic N) is 1. The largest absolute Gasteiger partial charge is 0.395 e. The Balaban J connectivity index is 1.63. The fraction of sp³-hybridized carbons (Fsp3) is 0.688. The molecule has 17 nitrogen and oxygen atoms in total. The van der Waals surface area contributed by atoms with Gasteiger partial charge in [-0.2, -0.15) is 8.42 Å². The van der Waals surface area contributed by atoms with Crippen molar-refractivity contribution in [1.82, 2.24) is 19.6 Å². The Labute approximate surface area is 190 Å². The van der Waals surface area contributed by atoms with Gasteiger partial charge >= 0.3 is 16.0 Å². The molecule has 2 saturated heterocycles. The molecule has 9 N–H and O–H groups in total. The highest BCUT2D eigenvalue weighted by Gasteiger charge is 2.47. The maximum atomic E-state index is 12.3. The summed E-state index contributed by atoms with van der Waals surface area (Å²) in [7, 11) is -4.88. The Hall–Kier alpha value is -2.26. The lowest BCUT2D eigenvalue weighted by Gasteiger charge is -2.39. The third kappa shape index (κ3) is 5.35. The molecular weight excluding hydrogens is 488 g/mol. The zero-order chi connectivity index (χ0) is 25.4. The van der Waals surface area contributed by atoms with Gasteiger partial charge in [-0.15, -0.1) is 0 Å². The van der Waals surface area contributed by atoms with Crippen LogP contribution in [-0.2, 0) is 24.0 Å². The van der Waals surface area contributed by atoms with Gasteiger partial charge < -0.3 is 35.4 Å². The van der Waals surface area contributed by atoms with Crippen LogP contribution >= 0.6 is 0 Å². The van der Waals surface area contributed by atoms with Crippen molar-refractivity contribution >= 4 is 16.2 Å². The Morgan fingerprint density at radius 2 is 1.76 bits per heavy atom. The summed E-state index contributed by atoms with van der Waals surface area (Å²) < 4.78 is 36.4. The Morgan fingerprint density at radius 1 is 1.09 bits per heavy atom. The first kappa shape index (κ1) is 26.3. The van der Waals surface area contributed by atoms with E-state index in [1.54, 1.807) is 0 Å². The fourth-order valence-corrected chi connectivity index (χ4v) is 4.30. The highest BCUT2D eigenvalue weighted by Crippen LogP contribution is 2.28. The standard InChI is InChI=1S/C16H24N4O13S/c21-3-5-9(23)12(26)11(25)8(17-5)14(28)19-34(30,31)32-4-6-10(24)13(27)15(33-6)20-2-1-7(22)18-16(20)29/h1-2,5-6,8-13,15,17,21,23-27H,3-4H2,(H,19,28)(H,18,22,29)/t5-,6+,8-,9-,10+,11-,12-,13+,15+/m0/s1. The lowest BCUT2D eigenvalue weighted by Crippen LogP contribution is -2.69. The number of hydrogen-bond donors (Lipinski definition) is 9. The van der Waals surface area contributed by atoms with Gasteiger partial charge in [0, 0.05) is 12.3 Å². The van der Waals surface area contributed by atoms with Crippen LogP contribution in [0, 0.1) is 0 Å². The summed E-state index contributed by atoms with van der Waals surface area (Å²) in [5.74, 6) is -1.39. The van der Waals surface area contributed by atoms with E-state index in [4.69, 9.17) is 4.74 Å². The molecule has 2 aliphatic rings. The number of hydrogen-bond acceptors (Lipinski definition) is 14. The monoisotopic (exact) mass is 512 g/mol. The number of rotatable bonds is 7. The van der Waals surface area contributed by atoms with E-state index < -0.39 is 95.6 Å². The van der Waals surface area contributed by atoms with Gasteiger partial charge in [-0.3, -0.25) is 28.6 Å². The Morgan fingerprint density at radius 3 is 2.38 bits per heavy atom. The molecule has 192 valence electrons. The SMILES string of the molecule is O=C(NS(=O)(=O)OC[C@H]1O[C@@H](n2ccc(=O)[nH]c2=O)[C@H](O)[C@@H]1O)[C@H]1N[C@@H](CO)[C@H](O)[C@H](O)[C@H]1O. The summed E-state index contributed by atoms with van der Waals surface area (Å²) in [5.41, 5.74) is -1.68. The zero-order valence-electron chi connectivity index (χ0n) is 17.2. The smallest absolute Gasteiger partial charge is 0.362 e. The molecule has 0 unspecified atom stereocenters. The molecular formula is C16H24N4O13S. The van der Waals surface area contributed by atoms with E-state index in [1.807, 2.05) is 4.98 Å². The molecule has 0 aromatic carbocycles. The van der Waals surface area contributed by atoms with Crippen LogP contribution in [0.4, 0.5) is 0 Å². The molecule has 0 radical (unpaired) electrons. The van der Waals surface area contributed by atoms with Gasteiger partial charge in [-0.1, -0.05) is 0 Å². The van der Waals surface area contributed by atoms with Gasteiger partial charge in [0.1, 0.15) is 42.7 Å². The molecule has 1 aromatic heterocycles. The molecule has 34 heavy (non-hydrogen) atoms. The third-order valence-corrected chi connectivity index (χ3v) is 6.30. The van der Waals surface area contributed by atoms with Gasteiger partial charge in [0.05, 0.1) is 19.3 Å². The highest BCUT2D eigenvalue weighted by molar-refractivity contribution is 7.85. The van der Waals surface area contributed by atoms with Crippen LogP contribution in [0.5, 0.6) is 0 Å². The molecule has 2 fully saturated rings. The van der Waals surface area contributed by atoms with E-state index in [0.29, 0.717) is 0 Å². The van der Waals surface area contributed by atoms with Crippen LogP contribution in [-0.4, -0.2) is 116 Å². The van der Waals surface area contributed by atoms with Gasteiger partial charge in [0.25, 0.3) is 11.5 Å². The average Bonchev–Trinajstić information content (AvgIpc) is 3.04. The number of piperidine rings is 1. The zero-order valence-corrected chi connectivity index (χ0v) is 18.0. The third-order valence-electron chi connectivity index (χ3n) is 5.40. The van der Waals surface area contributed by atoms with Crippen molar-refractivity contribution in [2.24, 2.45) is 0 Å². The summed E-state index contributed by atoms with van der Waals surface area (Å²) in [4.78, 5) is 37.3.